The number of aliphatic hydroxyl groups is 1. The lowest BCUT2D eigenvalue weighted by Gasteiger charge is -2.15. The monoisotopic (exact) mass is 227 g/mol. The lowest BCUT2D eigenvalue weighted by molar-refractivity contribution is 0.0852. The number of carbonyl (C=O) groups excluding carboxylic acids is 1. The normalized spacial score (nSPS) is 19.1. The van der Waals surface area contributed by atoms with Gasteiger partial charge in [-0.1, -0.05) is 30.3 Å². The Morgan fingerprint density at radius 1 is 1.18 bits per heavy atom. The Bertz CT molecular complexity index is 557. The second-order valence-electron chi connectivity index (χ2n) is 4.43. The van der Waals surface area contributed by atoms with Crippen molar-refractivity contribution in [1.29, 1.82) is 0 Å². The van der Waals surface area contributed by atoms with Crippen LogP contribution in [0.25, 0.3) is 11.3 Å². The quantitative estimate of drug-likeness (QED) is 0.784. The zero-order valence-electron chi connectivity index (χ0n) is 9.31. The number of aromatic amines is 1. The van der Waals surface area contributed by atoms with Crippen molar-refractivity contribution in [3.05, 3.63) is 47.7 Å². The molecule has 0 bridgehead atoms. The van der Waals surface area contributed by atoms with Crippen molar-refractivity contribution < 1.29 is 9.90 Å². The summed E-state index contributed by atoms with van der Waals surface area (Å²) >= 11 is 0. The van der Waals surface area contributed by atoms with Gasteiger partial charge >= 0.3 is 0 Å². The summed E-state index contributed by atoms with van der Waals surface area (Å²) in [6.07, 6.45) is 0.227. The van der Waals surface area contributed by atoms with Crippen LogP contribution >= 0.6 is 0 Å². The molecule has 1 heterocycles. The molecule has 0 fully saturated rings. The summed E-state index contributed by atoms with van der Waals surface area (Å²) in [7, 11) is 0. The SMILES string of the molecule is O=C1CC(O)Cc2[nH]c(-c3ccccc3)cc21. The Balaban J connectivity index is 2.06. The Labute approximate surface area is 99.1 Å². The van der Waals surface area contributed by atoms with Crippen LogP contribution in [0.1, 0.15) is 22.5 Å². The van der Waals surface area contributed by atoms with Gasteiger partial charge in [0.15, 0.2) is 5.78 Å². The van der Waals surface area contributed by atoms with E-state index in [1.165, 1.54) is 0 Å². The highest BCUT2D eigenvalue weighted by Crippen LogP contribution is 2.27. The maximum Gasteiger partial charge on any atom is 0.167 e. The number of aromatic nitrogens is 1. The van der Waals surface area contributed by atoms with E-state index in [1.54, 1.807) is 0 Å². The maximum absolute atomic E-state index is 11.8. The second kappa shape index (κ2) is 3.86. The summed E-state index contributed by atoms with van der Waals surface area (Å²) in [4.78, 5) is 15.0. The molecule has 1 atom stereocenters. The van der Waals surface area contributed by atoms with Gasteiger partial charge in [-0.15, -0.1) is 0 Å². The third-order valence-electron chi connectivity index (χ3n) is 3.15. The number of ketones is 1. The van der Waals surface area contributed by atoms with Gasteiger partial charge < -0.3 is 10.1 Å². The number of H-pyrrole nitrogens is 1. The minimum atomic E-state index is -0.544. The van der Waals surface area contributed by atoms with Crippen LogP contribution in [-0.4, -0.2) is 22.0 Å². The fraction of sp³-hybridized carbons (Fsp3) is 0.214. The first-order valence-electron chi connectivity index (χ1n) is 5.72. The smallest absolute Gasteiger partial charge is 0.167 e. The largest absolute Gasteiger partial charge is 0.392 e. The van der Waals surface area contributed by atoms with E-state index in [-0.39, 0.29) is 12.2 Å². The molecule has 3 nitrogen and oxygen atoms in total. The van der Waals surface area contributed by atoms with E-state index in [4.69, 9.17) is 0 Å². The molecule has 0 spiro atoms. The maximum atomic E-state index is 11.8. The topological polar surface area (TPSA) is 53.1 Å². The van der Waals surface area contributed by atoms with Gasteiger partial charge in [-0.25, -0.2) is 0 Å². The van der Waals surface area contributed by atoms with E-state index in [1.807, 2.05) is 36.4 Å². The number of nitrogens with one attached hydrogen (secondary N) is 1. The minimum Gasteiger partial charge on any atom is -0.392 e. The molecule has 2 aromatic rings. The second-order valence-corrected chi connectivity index (χ2v) is 4.43. The summed E-state index contributed by atoms with van der Waals surface area (Å²) in [5.74, 6) is 0.0252. The number of hydrogen-bond donors (Lipinski definition) is 2. The van der Waals surface area contributed by atoms with Gasteiger partial charge in [0.1, 0.15) is 0 Å². The van der Waals surface area contributed by atoms with Gasteiger partial charge in [0.25, 0.3) is 0 Å². The van der Waals surface area contributed by atoms with E-state index in [0.717, 1.165) is 22.5 Å². The van der Waals surface area contributed by atoms with Crippen LogP contribution in [0.15, 0.2) is 36.4 Å². The van der Waals surface area contributed by atoms with Crippen molar-refractivity contribution in [1.82, 2.24) is 4.98 Å². The molecule has 3 rings (SSSR count). The predicted octanol–water partition coefficient (Wildman–Crippen LogP) is 2.17. The number of fused-ring (bicyclic) bond motifs is 1. The number of rotatable bonds is 1. The minimum absolute atomic E-state index is 0.0252. The van der Waals surface area contributed by atoms with Gasteiger partial charge in [-0.2, -0.15) is 0 Å². The summed E-state index contributed by atoms with van der Waals surface area (Å²) in [5.41, 5.74) is 3.59. The first-order valence-corrected chi connectivity index (χ1v) is 5.72. The van der Waals surface area contributed by atoms with Crippen molar-refractivity contribution in [3.63, 3.8) is 0 Å². The van der Waals surface area contributed by atoms with Gasteiger partial charge in [-0.05, 0) is 11.6 Å². The van der Waals surface area contributed by atoms with Crippen LogP contribution in [0.3, 0.4) is 0 Å². The predicted molar refractivity (Wildman–Crippen MR) is 64.9 cm³/mol. The standard InChI is InChI=1S/C14H13NO2/c16-10-6-13-11(14(17)7-10)8-12(15-13)9-4-2-1-3-5-9/h1-5,8,10,15-16H,6-7H2. The van der Waals surface area contributed by atoms with Crippen LogP contribution in [0.2, 0.25) is 0 Å². The lowest BCUT2D eigenvalue weighted by atomic mass is 9.94. The van der Waals surface area contributed by atoms with E-state index in [0.29, 0.717) is 6.42 Å². The molecule has 0 saturated carbocycles. The number of aliphatic hydroxyl groups excluding tert-OH is 1. The van der Waals surface area contributed by atoms with Gasteiger partial charge in [0.05, 0.1) is 6.10 Å². The highest BCUT2D eigenvalue weighted by atomic mass is 16.3. The van der Waals surface area contributed by atoms with E-state index in [9.17, 15) is 9.90 Å². The zero-order valence-corrected chi connectivity index (χ0v) is 9.31. The molecular weight excluding hydrogens is 214 g/mol. The van der Waals surface area contributed by atoms with Crippen molar-refractivity contribution in [2.24, 2.45) is 0 Å². The van der Waals surface area contributed by atoms with E-state index >= 15 is 0 Å². The highest BCUT2D eigenvalue weighted by molar-refractivity contribution is 5.99. The molecular formula is C14H13NO2. The van der Waals surface area contributed by atoms with E-state index in [2.05, 4.69) is 4.98 Å². The Morgan fingerprint density at radius 3 is 2.71 bits per heavy atom. The fourth-order valence-electron chi connectivity index (χ4n) is 2.31. The third kappa shape index (κ3) is 1.78. The molecule has 86 valence electrons. The number of Topliss-reactive ketones (excluding diaryl/α,β-unsaturated/α-hetero) is 1. The van der Waals surface area contributed by atoms with Crippen LogP contribution < -0.4 is 0 Å². The van der Waals surface area contributed by atoms with E-state index < -0.39 is 6.10 Å². The summed E-state index contributed by atoms with van der Waals surface area (Å²) < 4.78 is 0. The molecule has 1 aromatic carbocycles. The summed E-state index contributed by atoms with van der Waals surface area (Å²) in [6, 6.07) is 11.8. The molecule has 1 unspecified atom stereocenters. The van der Waals surface area contributed by atoms with Crippen LogP contribution in [0.4, 0.5) is 0 Å². The Morgan fingerprint density at radius 2 is 1.94 bits per heavy atom. The van der Waals surface area contributed by atoms with Crippen LogP contribution in [-0.2, 0) is 6.42 Å². The van der Waals surface area contributed by atoms with Gasteiger partial charge in [-0.3, -0.25) is 4.79 Å². The molecule has 2 N–H and O–H groups in total. The molecule has 17 heavy (non-hydrogen) atoms. The molecule has 0 aliphatic heterocycles. The Kier molecular flexibility index (Phi) is 2.34. The molecule has 3 heteroatoms. The number of benzene rings is 1. The van der Waals surface area contributed by atoms with Crippen molar-refractivity contribution >= 4 is 5.78 Å². The fourth-order valence-corrected chi connectivity index (χ4v) is 2.31. The molecule has 1 aliphatic rings. The Hall–Kier alpha value is -1.87. The van der Waals surface area contributed by atoms with Crippen molar-refractivity contribution in [2.45, 2.75) is 18.9 Å². The average Bonchev–Trinajstić information content (AvgIpc) is 2.74. The summed E-state index contributed by atoms with van der Waals surface area (Å²) in [5, 5.41) is 9.57. The van der Waals surface area contributed by atoms with Gasteiger partial charge in [0, 0.05) is 29.8 Å². The van der Waals surface area contributed by atoms with Gasteiger partial charge in [0.2, 0.25) is 0 Å². The van der Waals surface area contributed by atoms with Crippen molar-refractivity contribution in [2.75, 3.05) is 0 Å². The average molecular weight is 227 g/mol. The number of hydrogen-bond acceptors (Lipinski definition) is 2. The zero-order chi connectivity index (χ0) is 11.8. The number of carbonyl (C=O) groups is 1. The van der Waals surface area contributed by atoms with Crippen LogP contribution in [0, 0.1) is 0 Å². The molecule has 0 amide bonds. The van der Waals surface area contributed by atoms with Crippen LogP contribution in [0.5, 0.6) is 0 Å². The first kappa shape index (κ1) is 10.3. The molecule has 0 saturated heterocycles. The summed E-state index contributed by atoms with van der Waals surface area (Å²) in [6.45, 7) is 0. The first-order chi connectivity index (χ1) is 8.24. The molecule has 1 aliphatic carbocycles. The molecule has 0 radical (unpaired) electrons. The molecule has 1 aromatic heterocycles. The highest BCUT2D eigenvalue weighted by Gasteiger charge is 2.25. The van der Waals surface area contributed by atoms with Crippen molar-refractivity contribution in [3.8, 4) is 11.3 Å². The lowest BCUT2D eigenvalue weighted by Crippen LogP contribution is -2.23. The third-order valence-corrected chi connectivity index (χ3v) is 3.15.